The van der Waals surface area contributed by atoms with Crippen LogP contribution in [0.1, 0.15) is 4.88 Å². The average molecular weight is 377 g/mol. The monoisotopic (exact) mass is 377 g/mol. The molecule has 126 valence electrons. The highest BCUT2D eigenvalue weighted by atomic mass is 32.1. The van der Waals surface area contributed by atoms with Crippen LogP contribution in [0.5, 0.6) is 0 Å². The summed E-state index contributed by atoms with van der Waals surface area (Å²) in [6, 6.07) is 7.74. The topological polar surface area (TPSA) is 92.6 Å². The molecule has 1 aliphatic heterocycles. The number of anilines is 1. The summed E-state index contributed by atoms with van der Waals surface area (Å²) in [6.45, 7) is 0. The van der Waals surface area contributed by atoms with Gasteiger partial charge in [0.25, 0.3) is 11.8 Å². The summed E-state index contributed by atoms with van der Waals surface area (Å²) in [6.07, 6.45) is 1.26. The predicted octanol–water partition coefficient (Wildman–Crippen LogP) is 2.63. The van der Waals surface area contributed by atoms with Crippen molar-refractivity contribution in [1.29, 1.82) is 0 Å². The van der Waals surface area contributed by atoms with E-state index in [1.165, 1.54) is 30.3 Å². The van der Waals surface area contributed by atoms with E-state index >= 15 is 0 Å². The molecule has 0 unspecified atom stereocenters. The van der Waals surface area contributed by atoms with Gasteiger partial charge in [-0.05, 0) is 48.6 Å². The Balaban J connectivity index is 1.98. The molecule has 1 saturated heterocycles. The molecule has 2 heterocycles. The second-order valence-corrected chi connectivity index (χ2v) is 6.35. The molecule has 0 spiro atoms. The SMILES string of the molecule is O=C1NC(=S)N(c2ccc(F)cc2)C(=O)/C1=C\c1ccc([N+](=O)[O-])s1. The molecule has 0 atom stereocenters. The molecule has 1 fully saturated rings. The van der Waals surface area contributed by atoms with Gasteiger partial charge in [-0.25, -0.2) is 4.39 Å². The smallest absolute Gasteiger partial charge is 0.298 e. The maximum atomic E-state index is 13.1. The normalized spacial score (nSPS) is 16.3. The van der Waals surface area contributed by atoms with Gasteiger partial charge in [0.15, 0.2) is 5.11 Å². The Morgan fingerprint density at radius 3 is 2.48 bits per heavy atom. The third-order valence-electron chi connectivity index (χ3n) is 3.27. The number of amides is 2. The number of thiocarbonyl (C=S) groups is 1. The minimum Gasteiger partial charge on any atom is -0.298 e. The zero-order valence-corrected chi connectivity index (χ0v) is 13.9. The molecule has 1 aromatic carbocycles. The van der Waals surface area contributed by atoms with E-state index in [0.717, 1.165) is 28.4 Å². The van der Waals surface area contributed by atoms with Crippen LogP contribution in [-0.4, -0.2) is 21.9 Å². The van der Waals surface area contributed by atoms with Gasteiger partial charge >= 0.3 is 5.00 Å². The predicted molar refractivity (Wildman–Crippen MR) is 93.6 cm³/mol. The van der Waals surface area contributed by atoms with Gasteiger partial charge in [-0.15, -0.1) is 0 Å². The second-order valence-electron chi connectivity index (χ2n) is 4.87. The van der Waals surface area contributed by atoms with E-state index in [4.69, 9.17) is 12.2 Å². The summed E-state index contributed by atoms with van der Waals surface area (Å²) in [5, 5.41) is 12.9. The maximum Gasteiger partial charge on any atom is 0.324 e. The first-order chi connectivity index (χ1) is 11.9. The van der Waals surface area contributed by atoms with Crippen LogP contribution in [0.4, 0.5) is 15.1 Å². The van der Waals surface area contributed by atoms with Crippen LogP contribution in [0, 0.1) is 15.9 Å². The quantitative estimate of drug-likeness (QED) is 0.292. The minimum absolute atomic E-state index is 0.110. The Kier molecular flexibility index (Phi) is 4.38. The summed E-state index contributed by atoms with van der Waals surface area (Å²) < 4.78 is 13.1. The largest absolute Gasteiger partial charge is 0.324 e. The fourth-order valence-corrected chi connectivity index (χ4v) is 3.19. The Morgan fingerprint density at radius 1 is 1.20 bits per heavy atom. The molecule has 25 heavy (non-hydrogen) atoms. The van der Waals surface area contributed by atoms with Crippen LogP contribution in [0.15, 0.2) is 42.0 Å². The molecule has 0 saturated carbocycles. The van der Waals surface area contributed by atoms with Crippen molar-refractivity contribution < 1.29 is 18.9 Å². The van der Waals surface area contributed by atoms with E-state index in [2.05, 4.69) is 5.32 Å². The first kappa shape index (κ1) is 16.9. The lowest BCUT2D eigenvalue weighted by Crippen LogP contribution is -2.54. The number of carbonyl (C=O) groups is 2. The number of nitro groups is 1. The zero-order valence-electron chi connectivity index (χ0n) is 12.3. The molecule has 0 radical (unpaired) electrons. The molecular formula is C15H8FN3O4S2. The highest BCUT2D eigenvalue weighted by Gasteiger charge is 2.34. The van der Waals surface area contributed by atoms with Crippen LogP contribution in [0.25, 0.3) is 6.08 Å². The maximum absolute atomic E-state index is 13.1. The molecule has 0 aliphatic carbocycles. The van der Waals surface area contributed by atoms with E-state index in [9.17, 15) is 24.1 Å². The van der Waals surface area contributed by atoms with Crippen LogP contribution < -0.4 is 10.2 Å². The lowest BCUT2D eigenvalue weighted by Gasteiger charge is -2.28. The van der Waals surface area contributed by atoms with Gasteiger partial charge in [-0.2, -0.15) is 0 Å². The molecule has 2 amide bonds. The van der Waals surface area contributed by atoms with Crippen molar-refractivity contribution in [3.63, 3.8) is 0 Å². The first-order valence-electron chi connectivity index (χ1n) is 6.78. The number of halogens is 1. The van der Waals surface area contributed by atoms with Crippen molar-refractivity contribution in [2.75, 3.05) is 4.90 Å². The van der Waals surface area contributed by atoms with E-state index in [1.54, 1.807) is 0 Å². The second kappa shape index (κ2) is 6.49. The Morgan fingerprint density at radius 2 is 1.88 bits per heavy atom. The molecule has 1 N–H and O–H groups in total. The summed E-state index contributed by atoms with van der Waals surface area (Å²) >= 11 is 5.85. The van der Waals surface area contributed by atoms with Gasteiger partial charge < -0.3 is 0 Å². The van der Waals surface area contributed by atoms with E-state index in [-0.39, 0.29) is 15.7 Å². The Labute approximate surface area is 149 Å². The van der Waals surface area contributed by atoms with Gasteiger partial charge in [-0.3, -0.25) is 29.9 Å². The highest BCUT2D eigenvalue weighted by Crippen LogP contribution is 2.28. The van der Waals surface area contributed by atoms with Crippen molar-refractivity contribution >= 4 is 57.2 Å². The number of benzene rings is 1. The van der Waals surface area contributed by atoms with Gasteiger partial charge in [0.2, 0.25) is 0 Å². The summed E-state index contributed by atoms with van der Waals surface area (Å²) in [4.78, 5) is 36.4. The van der Waals surface area contributed by atoms with Crippen LogP contribution in [-0.2, 0) is 9.59 Å². The molecule has 1 aliphatic rings. The van der Waals surface area contributed by atoms with Gasteiger partial charge in [0, 0.05) is 10.9 Å². The van der Waals surface area contributed by atoms with Crippen LogP contribution in [0.3, 0.4) is 0 Å². The summed E-state index contributed by atoms with van der Waals surface area (Å²) in [5.41, 5.74) is 0.0640. The number of rotatable bonds is 3. The molecule has 1 aromatic heterocycles. The van der Waals surface area contributed by atoms with Crippen molar-refractivity contribution in [3.05, 3.63) is 62.8 Å². The molecule has 3 rings (SSSR count). The van der Waals surface area contributed by atoms with E-state index < -0.39 is 22.6 Å². The third-order valence-corrected chi connectivity index (χ3v) is 4.53. The van der Waals surface area contributed by atoms with Crippen molar-refractivity contribution in [2.45, 2.75) is 0 Å². The highest BCUT2D eigenvalue weighted by molar-refractivity contribution is 7.80. The van der Waals surface area contributed by atoms with Crippen LogP contribution in [0.2, 0.25) is 0 Å². The number of carbonyl (C=O) groups excluding carboxylic acids is 2. The van der Waals surface area contributed by atoms with Crippen molar-refractivity contribution in [1.82, 2.24) is 5.32 Å². The van der Waals surface area contributed by atoms with Crippen molar-refractivity contribution in [3.8, 4) is 0 Å². The average Bonchev–Trinajstić information content (AvgIpc) is 3.02. The summed E-state index contributed by atoms with van der Waals surface area (Å²) in [7, 11) is 0. The Bertz CT molecular complexity index is 937. The van der Waals surface area contributed by atoms with Gasteiger partial charge in [-0.1, -0.05) is 11.3 Å². The lowest BCUT2D eigenvalue weighted by molar-refractivity contribution is -0.380. The minimum atomic E-state index is -0.704. The molecule has 0 bridgehead atoms. The fraction of sp³-hybridized carbons (Fsp3) is 0. The van der Waals surface area contributed by atoms with E-state index in [0.29, 0.717) is 10.6 Å². The standard InChI is InChI=1S/C15H8FN3O4S2/c16-8-1-3-9(4-2-8)18-14(21)11(13(20)17-15(18)24)7-10-5-6-12(25-10)19(22)23/h1-7H,(H,17,20,24)/b11-7-. The van der Waals surface area contributed by atoms with Gasteiger partial charge in [0.05, 0.1) is 10.6 Å². The lowest BCUT2D eigenvalue weighted by atomic mass is 10.1. The molecule has 2 aromatic rings. The third kappa shape index (κ3) is 3.30. The number of hydrogen-bond acceptors (Lipinski definition) is 6. The van der Waals surface area contributed by atoms with E-state index in [1.807, 2.05) is 0 Å². The number of nitrogens with one attached hydrogen (secondary N) is 1. The molecule has 7 nitrogen and oxygen atoms in total. The first-order valence-corrected chi connectivity index (χ1v) is 8.00. The number of nitrogens with zero attached hydrogens (tertiary/aromatic N) is 2. The Hall–Kier alpha value is -2.98. The number of thiophene rings is 1. The van der Waals surface area contributed by atoms with Crippen molar-refractivity contribution in [2.24, 2.45) is 0 Å². The molecule has 10 heteroatoms. The zero-order chi connectivity index (χ0) is 18.1. The van der Waals surface area contributed by atoms with Crippen LogP contribution >= 0.6 is 23.6 Å². The molecular weight excluding hydrogens is 369 g/mol. The fourth-order valence-electron chi connectivity index (χ4n) is 2.14. The van der Waals surface area contributed by atoms with Gasteiger partial charge in [0.1, 0.15) is 11.4 Å². The summed E-state index contributed by atoms with van der Waals surface area (Å²) in [5.74, 6) is -1.88. The number of hydrogen-bond donors (Lipinski definition) is 1.